The van der Waals surface area contributed by atoms with Crippen LogP contribution in [0, 0.1) is 13.8 Å². The molecule has 0 aliphatic carbocycles. The van der Waals surface area contributed by atoms with Gasteiger partial charge in [-0.15, -0.1) is 0 Å². The first-order valence-electron chi connectivity index (χ1n) is 7.35. The Morgan fingerprint density at radius 3 is 2.21 bits per heavy atom. The summed E-state index contributed by atoms with van der Waals surface area (Å²) < 4.78 is 0. The number of halogens is 1. The molecule has 0 bridgehead atoms. The summed E-state index contributed by atoms with van der Waals surface area (Å²) in [5, 5.41) is 6.86. The van der Waals surface area contributed by atoms with Crippen molar-refractivity contribution >= 4 is 40.4 Å². The van der Waals surface area contributed by atoms with E-state index in [1.807, 2.05) is 26.0 Å². The average molecular weight is 341 g/mol. The van der Waals surface area contributed by atoms with Crippen LogP contribution in [0.25, 0.3) is 0 Å². The van der Waals surface area contributed by atoms with Crippen molar-refractivity contribution in [3.05, 3.63) is 59.0 Å². The lowest BCUT2D eigenvalue weighted by atomic mass is 10.1. The minimum atomic E-state index is 0.411. The van der Waals surface area contributed by atoms with Gasteiger partial charge in [0, 0.05) is 11.9 Å². The fraction of sp³-hybridized carbons (Fsp3) is 0.118. The van der Waals surface area contributed by atoms with Crippen molar-refractivity contribution in [2.24, 2.45) is 0 Å². The minimum absolute atomic E-state index is 0.411. The summed E-state index contributed by atoms with van der Waals surface area (Å²) in [6.45, 7) is 4.08. The summed E-state index contributed by atoms with van der Waals surface area (Å²) in [6, 6.07) is 9.66. The van der Waals surface area contributed by atoms with Crippen LogP contribution in [0.5, 0.6) is 0 Å². The van der Waals surface area contributed by atoms with Crippen LogP contribution in [0.1, 0.15) is 11.1 Å². The number of benzene rings is 1. The monoisotopic (exact) mass is 340 g/mol. The Hall–Kier alpha value is -2.86. The summed E-state index contributed by atoms with van der Waals surface area (Å²) in [6.07, 6.45) is 3.00. The van der Waals surface area contributed by atoms with Gasteiger partial charge in [-0.1, -0.05) is 17.7 Å². The fourth-order valence-electron chi connectivity index (χ4n) is 2.35. The Balaban J connectivity index is 1.86. The van der Waals surface area contributed by atoms with Crippen molar-refractivity contribution in [1.29, 1.82) is 0 Å². The third-order valence-corrected chi connectivity index (χ3v) is 3.57. The second-order valence-electron chi connectivity index (χ2n) is 5.47. The van der Waals surface area contributed by atoms with Gasteiger partial charge >= 0.3 is 0 Å². The molecule has 4 N–H and O–H groups in total. The van der Waals surface area contributed by atoms with Crippen LogP contribution in [0.2, 0.25) is 5.02 Å². The largest absolute Gasteiger partial charge is 0.393 e. The molecule has 0 atom stereocenters. The Bertz CT molecular complexity index is 843. The molecule has 1 aromatic carbocycles. The number of aryl methyl sites for hydroxylation is 2. The van der Waals surface area contributed by atoms with Crippen LogP contribution in [0.4, 0.5) is 28.8 Å². The van der Waals surface area contributed by atoms with Crippen LogP contribution in [-0.4, -0.2) is 15.0 Å². The number of nitrogens with one attached hydrogen (secondary N) is 2. The van der Waals surface area contributed by atoms with E-state index in [4.69, 9.17) is 17.3 Å². The normalized spacial score (nSPS) is 10.5. The highest BCUT2D eigenvalue weighted by Crippen LogP contribution is 2.28. The van der Waals surface area contributed by atoms with E-state index >= 15 is 0 Å². The van der Waals surface area contributed by atoms with Crippen molar-refractivity contribution in [1.82, 2.24) is 15.0 Å². The first-order chi connectivity index (χ1) is 11.5. The van der Waals surface area contributed by atoms with Gasteiger partial charge in [-0.05, 0) is 49.2 Å². The number of anilines is 5. The van der Waals surface area contributed by atoms with E-state index in [0.29, 0.717) is 28.2 Å². The maximum atomic E-state index is 6.18. The van der Waals surface area contributed by atoms with Crippen molar-refractivity contribution in [3.8, 4) is 0 Å². The summed E-state index contributed by atoms with van der Waals surface area (Å²) in [7, 11) is 0. The summed E-state index contributed by atoms with van der Waals surface area (Å²) in [5.74, 6) is 1.61. The van der Waals surface area contributed by atoms with Gasteiger partial charge in [0.05, 0.1) is 5.02 Å². The van der Waals surface area contributed by atoms with E-state index in [2.05, 4.69) is 31.7 Å². The van der Waals surface area contributed by atoms with Crippen LogP contribution in [0.3, 0.4) is 0 Å². The number of rotatable bonds is 4. The Morgan fingerprint density at radius 2 is 1.58 bits per heavy atom. The Morgan fingerprint density at radius 1 is 0.917 bits per heavy atom. The smallest absolute Gasteiger partial charge is 0.160 e. The molecule has 3 aromatic rings. The third kappa shape index (κ3) is 3.72. The van der Waals surface area contributed by atoms with Crippen molar-refractivity contribution < 1.29 is 0 Å². The molecule has 0 radical (unpaired) electrons. The molecular formula is C17H17ClN6. The number of hydrogen-bond acceptors (Lipinski definition) is 6. The highest BCUT2D eigenvalue weighted by Gasteiger charge is 2.09. The minimum Gasteiger partial charge on any atom is -0.393 e. The molecule has 7 heteroatoms. The maximum absolute atomic E-state index is 6.18. The third-order valence-electron chi connectivity index (χ3n) is 3.34. The quantitative estimate of drug-likeness (QED) is 0.659. The van der Waals surface area contributed by atoms with Gasteiger partial charge in [-0.25, -0.2) is 15.0 Å². The molecule has 0 fully saturated rings. The van der Waals surface area contributed by atoms with Crippen molar-refractivity contribution in [3.63, 3.8) is 0 Å². The van der Waals surface area contributed by atoms with Gasteiger partial charge in [0.25, 0.3) is 0 Å². The maximum Gasteiger partial charge on any atom is 0.160 e. The van der Waals surface area contributed by atoms with Gasteiger partial charge in [0.15, 0.2) is 11.6 Å². The highest BCUT2D eigenvalue weighted by molar-refractivity contribution is 6.30. The molecule has 0 spiro atoms. The lowest BCUT2D eigenvalue weighted by molar-refractivity contribution is 1.16. The molecule has 6 nitrogen and oxygen atoms in total. The number of nitrogen functional groups attached to an aromatic ring is 1. The van der Waals surface area contributed by atoms with E-state index in [-0.39, 0.29) is 0 Å². The molecule has 2 aromatic heterocycles. The van der Waals surface area contributed by atoms with Crippen LogP contribution >= 0.6 is 11.6 Å². The van der Waals surface area contributed by atoms with Gasteiger partial charge in [-0.3, -0.25) is 0 Å². The Labute approximate surface area is 145 Å². The van der Waals surface area contributed by atoms with E-state index < -0.39 is 0 Å². The zero-order valence-corrected chi connectivity index (χ0v) is 14.1. The predicted octanol–water partition coefficient (Wildman–Crippen LogP) is 4.21. The number of hydrogen-bond donors (Lipinski definition) is 3. The predicted molar refractivity (Wildman–Crippen MR) is 98.2 cm³/mol. The molecular weight excluding hydrogens is 324 g/mol. The van der Waals surface area contributed by atoms with E-state index in [9.17, 15) is 0 Å². The van der Waals surface area contributed by atoms with Crippen LogP contribution < -0.4 is 16.4 Å². The SMILES string of the molecule is Cc1cc(C)cc(Nc2ncnc(Nc3ccc(Cl)cn3)c2N)c1. The second-order valence-corrected chi connectivity index (χ2v) is 5.91. The van der Waals surface area contributed by atoms with E-state index in [1.165, 1.54) is 6.33 Å². The van der Waals surface area contributed by atoms with Crippen LogP contribution in [-0.2, 0) is 0 Å². The van der Waals surface area contributed by atoms with Gasteiger partial charge in [0.2, 0.25) is 0 Å². The average Bonchev–Trinajstić information content (AvgIpc) is 2.52. The zero-order valence-electron chi connectivity index (χ0n) is 13.3. The molecule has 0 saturated carbocycles. The molecule has 0 unspecified atom stereocenters. The van der Waals surface area contributed by atoms with Crippen molar-refractivity contribution in [2.75, 3.05) is 16.4 Å². The van der Waals surface area contributed by atoms with Crippen LogP contribution in [0.15, 0.2) is 42.9 Å². The molecule has 122 valence electrons. The van der Waals surface area contributed by atoms with Gasteiger partial charge in [-0.2, -0.15) is 0 Å². The summed E-state index contributed by atoms with van der Waals surface area (Å²) >= 11 is 5.84. The first-order valence-corrected chi connectivity index (χ1v) is 7.73. The fourth-order valence-corrected chi connectivity index (χ4v) is 2.46. The molecule has 0 aliphatic rings. The van der Waals surface area contributed by atoms with Gasteiger partial charge < -0.3 is 16.4 Å². The number of pyridine rings is 1. The number of nitrogens with two attached hydrogens (primary N) is 1. The number of aromatic nitrogens is 3. The summed E-state index contributed by atoms with van der Waals surface area (Å²) in [5.41, 5.74) is 9.84. The first kappa shape index (κ1) is 16.0. The number of nitrogens with zero attached hydrogens (tertiary/aromatic N) is 3. The lowest BCUT2D eigenvalue weighted by Crippen LogP contribution is -2.06. The topological polar surface area (TPSA) is 88.8 Å². The summed E-state index contributed by atoms with van der Waals surface area (Å²) in [4.78, 5) is 12.6. The lowest BCUT2D eigenvalue weighted by Gasteiger charge is -2.13. The van der Waals surface area contributed by atoms with E-state index in [0.717, 1.165) is 16.8 Å². The molecule has 0 amide bonds. The van der Waals surface area contributed by atoms with Gasteiger partial charge in [0.1, 0.15) is 17.8 Å². The highest BCUT2D eigenvalue weighted by atomic mass is 35.5. The van der Waals surface area contributed by atoms with Crippen molar-refractivity contribution in [2.45, 2.75) is 13.8 Å². The second kappa shape index (κ2) is 6.72. The van der Waals surface area contributed by atoms with E-state index in [1.54, 1.807) is 18.3 Å². The molecule has 0 aliphatic heterocycles. The Kier molecular flexibility index (Phi) is 4.48. The molecule has 2 heterocycles. The molecule has 24 heavy (non-hydrogen) atoms. The zero-order chi connectivity index (χ0) is 17.1. The molecule has 3 rings (SSSR count). The standard InChI is InChI=1S/C17H17ClN6/c1-10-5-11(2)7-13(6-10)23-16-15(19)17(22-9-21-16)24-14-4-3-12(18)8-20-14/h3-9H,19H2,1-2H3,(H2,20,21,22,23,24). The molecule has 0 saturated heterocycles.